The van der Waals surface area contributed by atoms with E-state index in [1.165, 1.54) is 16.0 Å². The molecule has 0 saturated heterocycles. The van der Waals surface area contributed by atoms with Crippen LogP contribution in [-0.4, -0.2) is 25.9 Å². The van der Waals surface area contributed by atoms with Gasteiger partial charge in [-0.1, -0.05) is 35.0 Å². The lowest BCUT2D eigenvalue weighted by atomic mass is 10.2. The Hall–Kier alpha value is -2.25. The van der Waals surface area contributed by atoms with E-state index in [1.807, 2.05) is 30.5 Å². The molecule has 0 aliphatic rings. The van der Waals surface area contributed by atoms with E-state index in [2.05, 4.69) is 20.6 Å². The molecule has 3 aromatic rings. The third kappa shape index (κ3) is 3.32. The van der Waals surface area contributed by atoms with E-state index in [0.717, 1.165) is 11.3 Å². The number of halogens is 1. The molecule has 1 aromatic carbocycles. The smallest absolute Gasteiger partial charge is 0.247 e. The summed E-state index contributed by atoms with van der Waals surface area (Å²) >= 11 is 7.51. The Balaban J connectivity index is 1.69. The molecular weight excluding hydrogens is 322 g/mol. The lowest BCUT2D eigenvalue weighted by Gasteiger charge is -2.01. The summed E-state index contributed by atoms with van der Waals surface area (Å²) in [5, 5.41) is 13.8. The summed E-state index contributed by atoms with van der Waals surface area (Å²) in [6.07, 6.45) is 1.69. The SMILES string of the molecule is Cc1csc(NC(=O)Cn2cc(-c3ccccc3Cl)nn2)n1. The molecule has 6 nitrogen and oxygen atoms in total. The molecule has 0 unspecified atom stereocenters. The molecule has 2 aromatic heterocycles. The summed E-state index contributed by atoms with van der Waals surface area (Å²) < 4.78 is 1.47. The Labute approximate surface area is 135 Å². The van der Waals surface area contributed by atoms with Crippen molar-refractivity contribution in [2.24, 2.45) is 0 Å². The summed E-state index contributed by atoms with van der Waals surface area (Å²) in [7, 11) is 0. The predicted octanol–water partition coefficient (Wildman–Crippen LogP) is 3.00. The van der Waals surface area contributed by atoms with Crippen molar-refractivity contribution in [2.75, 3.05) is 5.32 Å². The zero-order chi connectivity index (χ0) is 15.5. The lowest BCUT2D eigenvalue weighted by molar-refractivity contribution is -0.116. The Morgan fingerprint density at radius 3 is 2.95 bits per heavy atom. The standard InChI is InChI=1S/C14H12ClN5OS/c1-9-8-22-14(16-9)17-13(21)7-20-6-12(18-19-20)10-4-2-3-5-11(10)15/h2-6,8H,7H2,1H3,(H,16,17,21). The van der Waals surface area contributed by atoms with Crippen LogP contribution in [0.4, 0.5) is 5.13 Å². The molecule has 0 atom stereocenters. The highest BCUT2D eigenvalue weighted by Crippen LogP contribution is 2.25. The number of anilines is 1. The summed E-state index contributed by atoms with van der Waals surface area (Å²) in [5.74, 6) is -0.204. The summed E-state index contributed by atoms with van der Waals surface area (Å²) in [4.78, 5) is 16.1. The van der Waals surface area contributed by atoms with Crippen molar-refractivity contribution in [1.82, 2.24) is 20.0 Å². The van der Waals surface area contributed by atoms with Crippen molar-refractivity contribution in [1.29, 1.82) is 0 Å². The van der Waals surface area contributed by atoms with Crippen molar-refractivity contribution in [3.63, 3.8) is 0 Å². The Kier molecular flexibility index (Phi) is 4.17. The number of benzene rings is 1. The van der Waals surface area contributed by atoms with Crippen LogP contribution in [0.25, 0.3) is 11.3 Å². The van der Waals surface area contributed by atoms with Crippen molar-refractivity contribution < 1.29 is 4.79 Å². The number of hydrogen-bond donors (Lipinski definition) is 1. The first-order chi connectivity index (χ1) is 10.6. The second kappa shape index (κ2) is 6.25. The van der Waals surface area contributed by atoms with Crippen LogP contribution in [0.15, 0.2) is 35.8 Å². The molecule has 1 amide bonds. The summed E-state index contributed by atoms with van der Waals surface area (Å²) in [6.45, 7) is 1.94. The van der Waals surface area contributed by atoms with Gasteiger partial charge in [0.2, 0.25) is 5.91 Å². The molecule has 0 fully saturated rings. The van der Waals surface area contributed by atoms with Crippen LogP contribution < -0.4 is 5.32 Å². The predicted molar refractivity (Wildman–Crippen MR) is 85.9 cm³/mol. The Bertz CT molecular complexity index is 813. The van der Waals surface area contributed by atoms with Crippen LogP contribution in [0.3, 0.4) is 0 Å². The minimum Gasteiger partial charge on any atom is -0.300 e. The lowest BCUT2D eigenvalue weighted by Crippen LogP contribution is -2.19. The molecule has 112 valence electrons. The van der Waals surface area contributed by atoms with Crippen molar-refractivity contribution >= 4 is 34.0 Å². The fourth-order valence-corrected chi connectivity index (χ4v) is 2.82. The number of hydrogen-bond acceptors (Lipinski definition) is 5. The maximum absolute atomic E-state index is 11.9. The van der Waals surface area contributed by atoms with Gasteiger partial charge in [-0.05, 0) is 13.0 Å². The van der Waals surface area contributed by atoms with Crippen LogP contribution >= 0.6 is 22.9 Å². The van der Waals surface area contributed by atoms with E-state index >= 15 is 0 Å². The van der Waals surface area contributed by atoms with Gasteiger partial charge in [-0.3, -0.25) is 4.79 Å². The molecular formula is C14H12ClN5OS. The van der Waals surface area contributed by atoms with Gasteiger partial charge in [0.05, 0.1) is 16.9 Å². The number of aryl methyl sites for hydroxylation is 1. The number of nitrogens with zero attached hydrogens (tertiary/aromatic N) is 4. The van der Waals surface area contributed by atoms with Gasteiger partial charge < -0.3 is 5.32 Å². The molecule has 3 rings (SSSR count). The summed E-state index contributed by atoms with van der Waals surface area (Å²) in [5.41, 5.74) is 2.29. The van der Waals surface area contributed by atoms with E-state index in [1.54, 1.807) is 12.3 Å². The molecule has 0 spiro atoms. The molecule has 22 heavy (non-hydrogen) atoms. The van der Waals surface area contributed by atoms with E-state index in [0.29, 0.717) is 15.8 Å². The molecule has 0 bridgehead atoms. The van der Waals surface area contributed by atoms with E-state index in [9.17, 15) is 4.79 Å². The first-order valence-electron chi connectivity index (χ1n) is 6.49. The first-order valence-corrected chi connectivity index (χ1v) is 7.74. The molecule has 0 saturated carbocycles. The number of thiazole rings is 1. The third-order valence-electron chi connectivity index (χ3n) is 2.86. The number of rotatable bonds is 4. The van der Waals surface area contributed by atoms with Gasteiger partial charge in [-0.2, -0.15) is 0 Å². The van der Waals surface area contributed by atoms with Gasteiger partial charge in [0.1, 0.15) is 12.2 Å². The first kappa shape index (κ1) is 14.7. The Morgan fingerprint density at radius 2 is 2.23 bits per heavy atom. The number of nitrogens with one attached hydrogen (secondary N) is 1. The second-order valence-electron chi connectivity index (χ2n) is 4.62. The van der Waals surface area contributed by atoms with Gasteiger partial charge in [0.25, 0.3) is 0 Å². The number of carbonyl (C=O) groups is 1. The average Bonchev–Trinajstić information content (AvgIpc) is 3.09. The number of aromatic nitrogens is 4. The largest absolute Gasteiger partial charge is 0.300 e. The Morgan fingerprint density at radius 1 is 1.41 bits per heavy atom. The van der Waals surface area contributed by atoms with Crippen LogP contribution in [-0.2, 0) is 11.3 Å². The highest BCUT2D eigenvalue weighted by Gasteiger charge is 2.11. The summed E-state index contributed by atoms with van der Waals surface area (Å²) in [6, 6.07) is 7.36. The number of carbonyl (C=O) groups excluding carboxylic acids is 1. The monoisotopic (exact) mass is 333 g/mol. The van der Waals surface area contributed by atoms with Crippen LogP contribution in [0.2, 0.25) is 5.02 Å². The maximum atomic E-state index is 11.9. The van der Waals surface area contributed by atoms with Gasteiger partial charge in [0, 0.05) is 10.9 Å². The zero-order valence-electron chi connectivity index (χ0n) is 11.7. The molecule has 0 aliphatic heterocycles. The fourth-order valence-electron chi connectivity index (χ4n) is 1.89. The highest BCUT2D eigenvalue weighted by molar-refractivity contribution is 7.13. The fraction of sp³-hybridized carbons (Fsp3) is 0.143. The van der Waals surface area contributed by atoms with Crippen molar-refractivity contribution in [3.8, 4) is 11.3 Å². The zero-order valence-corrected chi connectivity index (χ0v) is 13.2. The van der Waals surface area contributed by atoms with Gasteiger partial charge in [0.15, 0.2) is 5.13 Å². The van der Waals surface area contributed by atoms with Gasteiger partial charge in [-0.15, -0.1) is 16.4 Å². The third-order valence-corrected chi connectivity index (χ3v) is 4.06. The molecule has 1 N–H and O–H groups in total. The van der Waals surface area contributed by atoms with E-state index < -0.39 is 0 Å². The van der Waals surface area contributed by atoms with Crippen LogP contribution in [0.1, 0.15) is 5.69 Å². The molecule has 0 radical (unpaired) electrons. The number of amides is 1. The normalized spacial score (nSPS) is 10.6. The molecule has 8 heteroatoms. The molecule has 2 heterocycles. The minimum atomic E-state index is -0.204. The highest BCUT2D eigenvalue weighted by atomic mass is 35.5. The van der Waals surface area contributed by atoms with Crippen LogP contribution in [0.5, 0.6) is 0 Å². The van der Waals surface area contributed by atoms with Crippen molar-refractivity contribution in [3.05, 3.63) is 46.6 Å². The topological polar surface area (TPSA) is 72.7 Å². The second-order valence-corrected chi connectivity index (χ2v) is 5.89. The van der Waals surface area contributed by atoms with Crippen molar-refractivity contribution in [2.45, 2.75) is 13.5 Å². The van der Waals surface area contributed by atoms with Crippen LogP contribution in [0, 0.1) is 6.92 Å². The van der Waals surface area contributed by atoms with E-state index in [4.69, 9.17) is 11.6 Å². The maximum Gasteiger partial charge on any atom is 0.247 e. The van der Waals surface area contributed by atoms with Gasteiger partial charge in [-0.25, -0.2) is 9.67 Å². The molecule has 0 aliphatic carbocycles. The quantitative estimate of drug-likeness (QED) is 0.796. The van der Waals surface area contributed by atoms with E-state index in [-0.39, 0.29) is 12.5 Å². The minimum absolute atomic E-state index is 0.0656. The average molecular weight is 334 g/mol. The van der Waals surface area contributed by atoms with Gasteiger partial charge >= 0.3 is 0 Å².